The number of nitrogens with one attached hydrogen (secondary N) is 1. The van der Waals surface area contributed by atoms with Crippen LogP contribution < -0.4 is 11.1 Å². The lowest BCUT2D eigenvalue weighted by Gasteiger charge is -2.15. The Bertz CT molecular complexity index is 426. The Labute approximate surface area is 99.6 Å². The highest BCUT2D eigenvalue weighted by molar-refractivity contribution is 5.97. The van der Waals surface area contributed by atoms with Gasteiger partial charge in [-0.05, 0) is 0 Å². The van der Waals surface area contributed by atoms with Crippen molar-refractivity contribution in [2.75, 3.05) is 26.4 Å². The van der Waals surface area contributed by atoms with E-state index in [0.29, 0.717) is 12.2 Å². The van der Waals surface area contributed by atoms with Crippen LogP contribution in [0.15, 0.2) is 6.20 Å². The number of hydrogen-bond acceptors (Lipinski definition) is 4. The Morgan fingerprint density at radius 1 is 1.59 bits per heavy atom. The summed E-state index contributed by atoms with van der Waals surface area (Å²) in [7, 11) is 4.86. The normalized spacial score (nSPS) is 10.1. The second kappa shape index (κ2) is 5.33. The summed E-state index contributed by atoms with van der Waals surface area (Å²) in [5, 5.41) is 6.47. The summed E-state index contributed by atoms with van der Waals surface area (Å²) in [6.07, 6.45) is 1.82. The molecule has 1 aromatic heterocycles. The maximum Gasteiger partial charge on any atom is 0.276 e. The lowest BCUT2D eigenvalue weighted by atomic mass is 10.3. The molecule has 0 aromatic carbocycles. The molecule has 1 rings (SSSR count). The first-order chi connectivity index (χ1) is 7.95. The number of aryl methyl sites for hydroxylation is 1. The number of nitrogens with two attached hydrogens (primary N) is 1. The number of nitrogens with zero attached hydrogens (tertiary/aromatic N) is 3. The predicted molar refractivity (Wildman–Crippen MR) is 63.3 cm³/mol. The number of carbonyl (C=O) groups is 2. The minimum Gasteiger partial charge on any atom is -0.396 e. The van der Waals surface area contributed by atoms with Crippen LogP contribution >= 0.6 is 0 Å². The number of anilines is 1. The SMILES string of the molecule is CNC(=O)CCN(C)C(=O)c1nn(C)cc1N. The van der Waals surface area contributed by atoms with Crippen LogP contribution in [0, 0.1) is 0 Å². The van der Waals surface area contributed by atoms with E-state index in [2.05, 4.69) is 10.4 Å². The molecule has 0 saturated carbocycles. The van der Waals surface area contributed by atoms with Crippen LogP contribution in [-0.4, -0.2) is 47.1 Å². The third-order valence-electron chi connectivity index (χ3n) is 2.36. The monoisotopic (exact) mass is 239 g/mol. The van der Waals surface area contributed by atoms with Crippen molar-refractivity contribution in [1.82, 2.24) is 20.0 Å². The maximum atomic E-state index is 11.9. The van der Waals surface area contributed by atoms with Crippen LogP contribution in [0.25, 0.3) is 0 Å². The smallest absolute Gasteiger partial charge is 0.276 e. The van der Waals surface area contributed by atoms with Gasteiger partial charge in [-0.1, -0.05) is 0 Å². The molecule has 1 heterocycles. The molecule has 2 amide bonds. The molecule has 0 fully saturated rings. The number of carbonyl (C=O) groups excluding carboxylic acids is 2. The van der Waals surface area contributed by atoms with Crippen molar-refractivity contribution < 1.29 is 9.59 Å². The first-order valence-corrected chi connectivity index (χ1v) is 5.21. The van der Waals surface area contributed by atoms with E-state index in [0.717, 1.165) is 0 Å². The van der Waals surface area contributed by atoms with Crippen molar-refractivity contribution in [1.29, 1.82) is 0 Å². The quantitative estimate of drug-likeness (QED) is 0.720. The fraction of sp³-hybridized carbons (Fsp3) is 0.500. The summed E-state index contributed by atoms with van der Waals surface area (Å²) in [6.45, 7) is 0.328. The van der Waals surface area contributed by atoms with Gasteiger partial charge < -0.3 is 16.0 Å². The van der Waals surface area contributed by atoms with Gasteiger partial charge >= 0.3 is 0 Å². The van der Waals surface area contributed by atoms with Crippen LogP contribution in [0.1, 0.15) is 16.9 Å². The topological polar surface area (TPSA) is 93.2 Å². The van der Waals surface area contributed by atoms with Crippen molar-refractivity contribution in [3.05, 3.63) is 11.9 Å². The Kier molecular flexibility index (Phi) is 4.08. The molecule has 1 aromatic rings. The molecule has 0 aliphatic rings. The van der Waals surface area contributed by atoms with Crippen molar-refractivity contribution in [3.63, 3.8) is 0 Å². The van der Waals surface area contributed by atoms with E-state index in [-0.39, 0.29) is 23.9 Å². The molecule has 94 valence electrons. The molecule has 0 aliphatic carbocycles. The molecule has 0 saturated heterocycles. The second-order valence-electron chi connectivity index (χ2n) is 3.76. The minimum atomic E-state index is -0.285. The number of nitrogen functional groups attached to an aromatic ring is 1. The zero-order chi connectivity index (χ0) is 13.0. The van der Waals surface area contributed by atoms with Crippen LogP contribution in [0.4, 0.5) is 5.69 Å². The van der Waals surface area contributed by atoms with Gasteiger partial charge in [0.1, 0.15) is 0 Å². The first-order valence-electron chi connectivity index (χ1n) is 5.21. The maximum absolute atomic E-state index is 11.9. The van der Waals surface area contributed by atoms with Crippen LogP contribution in [0.5, 0.6) is 0 Å². The van der Waals surface area contributed by atoms with Crippen molar-refractivity contribution in [2.24, 2.45) is 7.05 Å². The molecular formula is C10H17N5O2. The van der Waals surface area contributed by atoms with Crippen LogP contribution in [-0.2, 0) is 11.8 Å². The van der Waals surface area contributed by atoms with Gasteiger partial charge in [0.2, 0.25) is 5.91 Å². The minimum absolute atomic E-state index is 0.112. The fourth-order valence-corrected chi connectivity index (χ4v) is 1.35. The average molecular weight is 239 g/mol. The largest absolute Gasteiger partial charge is 0.396 e. The number of hydrogen-bond donors (Lipinski definition) is 2. The Hall–Kier alpha value is -2.05. The molecule has 17 heavy (non-hydrogen) atoms. The Balaban J connectivity index is 2.64. The van der Waals surface area contributed by atoms with Crippen molar-refractivity contribution in [2.45, 2.75) is 6.42 Å². The summed E-state index contributed by atoms with van der Waals surface area (Å²) in [5.41, 5.74) is 6.20. The molecule has 7 nitrogen and oxygen atoms in total. The molecule has 0 atom stereocenters. The zero-order valence-electron chi connectivity index (χ0n) is 10.2. The fourth-order valence-electron chi connectivity index (χ4n) is 1.35. The van der Waals surface area contributed by atoms with Gasteiger partial charge in [-0.15, -0.1) is 0 Å². The lowest BCUT2D eigenvalue weighted by Crippen LogP contribution is -2.32. The third kappa shape index (κ3) is 3.20. The van der Waals surface area contributed by atoms with Gasteiger partial charge in [0.25, 0.3) is 5.91 Å². The van der Waals surface area contributed by atoms with Gasteiger partial charge in [0.05, 0.1) is 5.69 Å². The van der Waals surface area contributed by atoms with Gasteiger partial charge in [-0.2, -0.15) is 5.10 Å². The van der Waals surface area contributed by atoms with E-state index in [4.69, 9.17) is 5.73 Å². The molecule has 0 bridgehead atoms. The summed E-state index contributed by atoms with van der Waals surface area (Å²) >= 11 is 0. The summed E-state index contributed by atoms with van der Waals surface area (Å²) in [4.78, 5) is 24.4. The average Bonchev–Trinajstić information content (AvgIpc) is 2.63. The van der Waals surface area contributed by atoms with E-state index in [1.807, 2.05) is 0 Å². The van der Waals surface area contributed by atoms with E-state index >= 15 is 0 Å². The van der Waals surface area contributed by atoms with E-state index in [9.17, 15) is 9.59 Å². The third-order valence-corrected chi connectivity index (χ3v) is 2.36. The summed E-state index contributed by atoms with van der Waals surface area (Å²) in [6, 6.07) is 0. The highest BCUT2D eigenvalue weighted by atomic mass is 16.2. The van der Waals surface area contributed by atoms with E-state index < -0.39 is 0 Å². The molecule has 0 aliphatic heterocycles. The van der Waals surface area contributed by atoms with Gasteiger partial charge in [-0.3, -0.25) is 14.3 Å². The summed E-state index contributed by atoms with van der Waals surface area (Å²) < 4.78 is 1.48. The lowest BCUT2D eigenvalue weighted by molar-refractivity contribution is -0.120. The standard InChI is InChI=1S/C10H17N5O2/c1-12-8(16)4-5-14(2)10(17)9-7(11)6-15(3)13-9/h6H,4-5,11H2,1-3H3,(H,12,16). The van der Waals surface area contributed by atoms with Gasteiger partial charge in [-0.25, -0.2) is 0 Å². The Morgan fingerprint density at radius 3 is 2.71 bits per heavy atom. The molecule has 0 unspecified atom stereocenters. The van der Waals surface area contributed by atoms with Gasteiger partial charge in [0, 0.05) is 40.3 Å². The molecule has 7 heteroatoms. The van der Waals surface area contributed by atoms with Crippen LogP contribution in [0.2, 0.25) is 0 Å². The molecule has 0 radical (unpaired) electrons. The zero-order valence-corrected chi connectivity index (χ0v) is 10.2. The highest BCUT2D eigenvalue weighted by Gasteiger charge is 2.18. The van der Waals surface area contributed by atoms with Gasteiger partial charge in [0.15, 0.2) is 5.69 Å². The Morgan fingerprint density at radius 2 is 2.24 bits per heavy atom. The number of amides is 2. The van der Waals surface area contributed by atoms with E-state index in [1.54, 1.807) is 27.3 Å². The predicted octanol–water partition coefficient (Wildman–Crippen LogP) is -0.790. The number of rotatable bonds is 4. The number of aromatic nitrogens is 2. The van der Waals surface area contributed by atoms with E-state index in [1.165, 1.54) is 9.58 Å². The molecule has 0 spiro atoms. The molecule has 3 N–H and O–H groups in total. The highest BCUT2D eigenvalue weighted by Crippen LogP contribution is 2.10. The van der Waals surface area contributed by atoms with Crippen molar-refractivity contribution >= 4 is 17.5 Å². The first kappa shape index (κ1) is 13.0. The molecular weight excluding hydrogens is 222 g/mol. The van der Waals surface area contributed by atoms with Crippen LogP contribution in [0.3, 0.4) is 0 Å². The second-order valence-corrected chi connectivity index (χ2v) is 3.76. The summed E-state index contributed by atoms with van der Waals surface area (Å²) in [5.74, 6) is -0.398. The van der Waals surface area contributed by atoms with Crippen molar-refractivity contribution in [3.8, 4) is 0 Å².